The fourth-order valence-electron chi connectivity index (χ4n) is 2.68. The fraction of sp³-hybridized carbons (Fsp3) is 0.0556. The highest BCUT2D eigenvalue weighted by Gasteiger charge is 2.18. The van der Waals surface area contributed by atoms with Crippen molar-refractivity contribution in [3.05, 3.63) is 71.8 Å². The van der Waals surface area contributed by atoms with Gasteiger partial charge in [0.2, 0.25) is 0 Å². The van der Waals surface area contributed by atoms with Crippen LogP contribution in [0.15, 0.2) is 61.2 Å². The Morgan fingerprint density at radius 2 is 2.07 bits per heavy atom. The maximum Gasteiger partial charge on any atom is 0.259 e. The van der Waals surface area contributed by atoms with Gasteiger partial charge in [-0.2, -0.15) is 9.78 Å². The van der Waals surface area contributed by atoms with E-state index in [1.807, 2.05) is 30.5 Å². The van der Waals surface area contributed by atoms with Crippen molar-refractivity contribution >= 4 is 23.2 Å². The minimum absolute atomic E-state index is 0.286. The Labute approximate surface area is 164 Å². The highest BCUT2D eigenvalue weighted by molar-refractivity contribution is 6.33. The smallest absolute Gasteiger partial charge is 0.259 e. The number of aromatic nitrogens is 6. The number of anilines is 1. The van der Waals surface area contributed by atoms with Crippen molar-refractivity contribution in [3.63, 3.8) is 0 Å². The molecule has 0 saturated carbocycles. The van der Waals surface area contributed by atoms with E-state index in [0.29, 0.717) is 22.1 Å². The van der Waals surface area contributed by atoms with E-state index in [-0.39, 0.29) is 11.5 Å². The first-order valence-electron chi connectivity index (χ1n) is 8.18. The van der Waals surface area contributed by atoms with Gasteiger partial charge in [-0.05, 0) is 40.8 Å². The Hall–Kier alpha value is -3.72. The van der Waals surface area contributed by atoms with Crippen LogP contribution in [0.1, 0.15) is 10.4 Å². The molecule has 0 aliphatic rings. The molecule has 1 amide bonds. The average molecular weight is 396 g/mol. The molecule has 2 aromatic heterocycles. The molecule has 0 radical (unpaired) electrons. The molecule has 4 rings (SSSR count). The van der Waals surface area contributed by atoms with Gasteiger partial charge in [0.25, 0.3) is 5.91 Å². The first-order valence-corrected chi connectivity index (χ1v) is 8.56. The second kappa shape index (κ2) is 7.49. The third kappa shape index (κ3) is 3.42. The van der Waals surface area contributed by atoms with E-state index < -0.39 is 0 Å². The molecule has 0 fully saturated rings. The number of nitrogens with one attached hydrogen (secondary N) is 1. The van der Waals surface area contributed by atoms with Gasteiger partial charge in [0.1, 0.15) is 12.1 Å². The van der Waals surface area contributed by atoms with Gasteiger partial charge < -0.3 is 10.1 Å². The van der Waals surface area contributed by atoms with E-state index in [1.165, 1.54) is 24.2 Å². The average Bonchev–Trinajstić information content (AvgIpc) is 3.42. The number of hydrogen-bond donors (Lipinski definition) is 1. The van der Waals surface area contributed by atoms with Gasteiger partial charge in [-0.1, -0.05) is 17.7 Å². The summed E-state index contributed by atoms with van der Waals surface area (Å²) >= 11 is 6.33. The van der Waals surface area contributed by atoms with Gasteiger partial charge >= 0.3 is 0 Å². The number of hydrogen-bond acceptors (Lipinski definition) is 6. The summed E-state index contributed by atoms with van der Waals surface area (Å²) in [4.78, 5) is 12.8. The second-order valence-corrected chi connectivity index (χ2v) is 6.12. The van der Waals surface area contributed by atoms with Crippen LogP contribution in [0.3, 0.4) is 0 Å². The molecule has 0 bridgehead atoms. The standard InChI is InChI=1S/C18H14ClN7O2/c1-28-17-10-16(26-11-20-23-24-26)15(19)9-14(17)18(27)22-12-4-2-5-13(8-12)25-7-3-6-21-25/h2-11H,1H3,(H,22,27). The van der Waals surface area contributed by atoms with E-state index in [0.717, 1.165) is 5.69 Å². The molecule has 2 aromatic carbocycles. The van der Waals surface area contributed by atoms with Gasteiger partial charge in [-0.25, -0.2) is 4.68 Å². The van der Waals surface area contributed by atoms with Crippen LogP contribution in [-0.2, 0) is 0 Å². The highest BCUT2D eigenvalue weighted by Crippen LogP contribution is 2.30. The quantitative estimate of drug-likeness (QED) is 0.557. The van der Waals surface area contributed by atoms with Crippen molar-refractivity contribution in [1.82, 2.24) is 30.0 Å². The molecule has 0 aliphatic carbocycles. The number of benzene rings is 2. The molecule has 9 nitrogen and oxygen atoms in total. The third-order valence-electron chi connectivity index (χ3n) is 3.98. The molecule has 140 valence electrons. The predicted molar refractivity (Wildman–Crippen MR) is 102 cm³/mol. The zero-order valence-electron chi connectivity index (χ0n) is 14.7. The van der Waals surface area contributed by atoms with E-state index in [4.69, 9.17) is 16.3 Å². The zero-order valence-corrected chi connectivity index (χ0v) is 15.4. The van der Waals surface area contributed by atoms with Crippen molar-refractivity contribution in [2.24, 2.45) is 0 Å². The number of methoxy groups -OCH3 is 1. The Morgan fingerprint density at radius 3 is 2.79 bits per heavy atom. The summed E-state index contributed by atoms with van der Waals surface area (Å²) in [7, 11) is 1.47. The van der Waals surface area contributed by atoms with Crippen molar-refractivity contribution in [2.75, 3.05) is 12.4 Å². The minimum Gasteiger partial charge on any atom is -0.496 e. The lowest BCUT2D eigenvalue weighted by Crippen LogP contribution is -2.14. The predicted octanol–water partition coefficient (Wildman–Crippen LogP) is 2.76. The molecular formula is C18H14ClN7O2. The van der Waals surface area contributed by atoms with Crippen LogP contribution >= 0.6 is 11.6 Å². The second-order valence-electron chi connectivity index (χ2n) is 5.71. The molecule has 28 heavy (non-hydrogen) atoms. The Bertz CT molecular complexity index is 1110. The van der Waals surface area contributed by atoms with Crippen LogP contribution in [-0.4, -0.2) is 43.0 Å². The molecule has 4 aromatic rings. The molecule has 0 aliphatic heterocycles. The first-order chi connectivity index (χ1) is 13.7. The molecule has 1 N–H and O–H groups in total. The lowest BCUT2D eigenvalue weighted by Gasteiger charge is -2.13. The lowest BCUT2D eigenvalue weighted by atomic mass is 10.1. The van der Waals surface area contributed by atoms with Gasteiger partial charge in [-0.15, -0.1) is 5.10 Å². The Balaban J connectivity index is 1.63. The summed E-state index contributed by atoms with van der Waals surface area (Å²) < 4.78 is 8.46. The maximum atomic E-state index is 12.8. The van der Waals surface area contributed by atoms with Gasteiger partial charge in [-0.3, -0.25) is 4.79 Å². The topological polar surface area (TPSA) is 99.8 Å². The highest BCUT2D eigenvalue weighted by atomic mass is 35.5. The largest absolute Gasteiger partial charge is 0.496 e. The van der Waals surface area contributed by atoms with Gasteiger partial charge in [0.05, 0.1) is 29.1 Å². The van der Waals surface area contributed by atoms with Crippen LogP contribution in [0.25, 0.3) is 11.4 Å². The van der Waals surface area contributed by atoms with Crippen LogP contribution in [0, 0.1) is 0 Å². The zero-order chi connectivity index (χ0) is 19.5. The van der Waals surface area contributed by atoms with Crippen LogP contribution in [0.4, 0.5) is 5.69 Å². The van der Waals surface area contributed by atoms with Crippen LogP contribution < -0.4 is 10.1 Å². The first kappa shape index (κ1) is 17.7. The van der Waals surface area contributed by atoms with E-state index in [2.05, 4.69) is 25.9 Å². The van der Waals surface area contributed by atoms with Crippen LogP contribution in [0.5, 0.6) is 5.75 Å². The number of carbonyl (C=O) groups is 1. The normalized spacial score (nSPS) is 10.6. The lowest BCUT2D eigenvalue weighted by molar-refractivity contribution is 0.102. The molecule has 0 atom stereocenters. The number of carbonyl (C=O) groups excluding carboxylic acids is 1. The molecule has 10 heteroatoms. The molecular weight excluding hydrogens is 382 g/mol. The van der Waals surface area contributed by atoms with E-state index in [1.54, 1.807) is 23.0 Å². The molecule has 2 heterocycles. The Morgan fingerprint density at radius 1 is 1.18 bits per heavy atom. The van der Waals surface area contributed by atoms with Crippen molar-refractivity contribution in [2.45, 2.75) is 0 Å². The van der Waals surface area contributed by atoms with Gasteiger partial charge in [0, 0.05) is 24.1 Å². The number of tetrazole rings is 1. The van der Waals surface area contributed by atoms with Crippen molar-refractivity contribution in [3.8, 4) is 17.1 Å². The van der Waals surface area contributed by atoms with Crippen molar-refractivity contribution in [1.29, 1.82) is 0 Å². The van der Waals surface area contributed by atoms with E-state index in [9.17, 15) is 4.79 Å². The summed E-state index contributed by atoms with van der Waals surface area (Å²) in [6.45, 7) is 0. The summed E-state index contributed by atoms with van der Waals surface area (Å²) in [5.41, 5.74) is 2.22. The maximum absolute atomic E-state index is 12.8. The SMILES string of the molecule is COc1cc(-n2cnnn2)c(Cl)cc1C(=O)Nc1cccc(-n2cccn2)c1. The monoisotopic (exact) mass is 395 g/mol. The number of rotatable bonds is 5. The summed E-state index contributed by atoms with van der Waals surface area (Å²) in [5, 5.41) is 18.3. The fourth-order valence-corrected chi connectivity index (χ4v) is 2.93. The molecule has 0 unspecified atom stereocenters. The summed E-state index contributed by atoms with van der Waals surface area (Å²) in [6.07, 6.45) is 4.91. The number of nitrogens with zero attached hydrogens (tertiary/aromatic N) is 6. The number of halogens is 1. The molecule has 0 spiro atoms. The number of ether oxygens (including phenoxy) is 1. The van der Waals surface area contributed by atoms with Crippen LogP contribution in [0.2, 0.25) is 5.02 Å². The summed E-state index contributed by atoms with van der Waals surface area (Å²) in [6, 6.07) is 12.3. The summed E-state index contributed by atoms with van der Waals surface area (Å²) in [5.74, 6) is -0.0183. The minimum atomic E-state index is -0.361. The Kier molecular flexibility index (Phi) is 4.73. The van der Waals surface area contributed by atoms with E-state index >= 15 is 0 Å². The van der Waals surface area contributed by atoms with Gasteiger partial charge in [0.15, 0.2) is 0 Å². The molecule has 0 saturated heterocycles. The third-order valence-corrected chi connectivity index (χ3v) is 4.29. The van der Waals surface area contributed by atoms with Crippen molar-refractivity contribution < 1.29 is 9.53 Å². The number of amides is 1.